The number of hydrogen-bond donors (Lipinski definition) is 1. The van der Waals surface area contributed by atoms with Gasteiger partial charge in [0.1, 0.15) is 11.3 Å². The molecule has 3 rings (SSSR count). The summed E-state index contributed by atoms with van der Waals surface area (Å²) in [6.07, 6.45) is 3.54. The van der Waals surface area contributed by atoms with Crippen molar-refractivity contribution < 1.29 is 0 Å². The smallest absolute Gasteiger partial charge is 0.110 e. The van der Waals surface area contributed by atoms with Gasteiger partial charge >= 0.3 is 0 Å². The third-order valence-corrected chi connectivity index (χ3v) is 4.87. The van der Waals surface area contributed by atoms with E-state index in [0.29, 0.717) is 16.0 Å². The summed E-state index contributed by atoms with van der Waals surface area (Å²) in [5.74, 6) is 1.56. The summed E-state index contributed by atoms with van der Waals surface area (Å²) in [5, 5.41) is 1.12. The summed E-state index contributed by atoms with van der Waals surface area (Å²) in [6.45, 7) is 5.75. The number of aromatic amines is 1. The first-order valence-electron chi connectivity index (χ1n) is 7.25. The van der Waals surface area contributed by atoms with E-state index in [4.69, 9.17) is 23.2 Å². The third kappa shape index (κ3) is 4.01. The zero-order valence-electron chi connectivity index (χ0n) is 12.4. The number of piperidine rings is 1. The lowest BCUT2D eigenvalue weighted by molar-refractivity contribution is 0.210. The van der Waals surface area contributed by atoms with Crippen LogP contribution in [0.15, 0.2) is 12.1 Å². The zero-order valence-corrected chi connectivity index (χ0v) is 15.6. The van der Waals surface area contributed by atoms with Gasteiger partial charge in [-0.2, -0.15) is 0 Å². The highest BCUT2D eigenvalue weighted by molar-refractivity contribution is 6.44. The van der Waals surface area contributed by atoms with E-state index in [1.54, 1.807) is 0 Å². The van der Waals surface area contributed by atoms with Crippen molar-refractivity contribution in [2.45, 2.75) is 32.1 Å². The largest absolute Gasteiger partial charge is 0.342 e. The second-order valence-corrected chi connectivity index (χ2v) is 6.28. The van der Waals surface area contributed by atoms with Crippen LogP contribution in [0.5, 0.6) is 0 Å². The molecule has 3 nitrogen and oxygen atoms in total. The maximum Gasteiger partial charge on any atom is 0.110 e. The molecule has 1 aliphatic heterocycles. The number of nitrogens with zero attached hydrogens (tertiary/aromatic N) is 2. The summed E-state index contributed by atoms with van der Waals surface area (Å²) in [5.41, 5.74) is 1.77. The number of benzene rings is 1. The van der Waals surface area contributed by atoms with Crippen molar-refractivity contribution in [3.05, 3.63) is 28.0 Å². The summed E-state index contributed by atoms with van der Waals surface area (Å²) < 4.78 is 0. The standard InChI is InChI=1S/C15H19Cl2N3.2ClH/c1-2-7-20-8-5-10(6-9-20)15-18-12-4-3-11(16)13(17)14(12)19-15;;/h3-4,10H,2,5-9H2,1H3,(H,18,19);2*1H. The maximum atomic E-state index is 6.22. The average molecular weight is 385 g/mol. The number of hydrogen-bond acceptors (Lipinski definition) is 2. The molecule has 124 valence electrons. The summed E-state index contributed by atoms with van der Waals surface area (Å²) in [7, 11) is 0. The lowest BCUT2D eigenvalue weighted by atomic mass is 9.96. The number of nitrogens with one attached hydrogen (secondary N) is 1. The predicted molar refractivity (Wildman–Crippen MR) is 99.3 cm³/mol. The van der Waals surface area contributed by atoms with E-state index in [2.05, 4.69) is 21.8 Å². The molecular weight excluding hydrogens is 364 g/mol. The Hall–Kier alpha value is -0.190. The van der Waals surface area contributed by atoms with Crippen LogP contribution in [0.1, 0.15) is 37.9 Å². The molecule has 0 aliphatic carbocycles. The Morgan fingerprint density at radius 1 is 1.23 bits per heavy atom. The molecule has 1 aromatic carbocycles. The Bertz CT molecular complexity index is 606. The van der Waals surface area contributed by atoms with Crippen molar-refractivity contribution in [1.29, 1.82) is 0 Å². The number of imidazole rings is 1. The molecular formula is C15H21Cl4N3. The van der Waals surface area contributed by atoms with E-state index in [1.807, 2.05) is 12.1 Å². The fourth-order valence-electron chi connectivity index (χ4n) is 2.98. The lowest BCUT2D eigenvalue weighted by Crippen LogP contribution is -2.33. The highest BCUT2D eigenvalue weighted by atomic mass is 35.5. The van der Waals surface area contributed by atoms with Crippen molar-refractivity contribution in [3.63, 3.8) is 0 Å². The van der Waals surface area contributed by atoms with Gasteiger partial charge < -0.3 is 9.88 Å². The van der Waals surface area contributed by atoms with E-state index in [1.165, 1.54) is 13.0 Å². The first-order chi connectivity index (χ1) is 9.69. The maximum absolute atomic E-state index is 6.22. The van der Waals surface area contributed by atoms with Crippen LogP contribution in [0.3, 0.4) is 0 Å². The molecule has 1 aliphatic rings. The second kappa shape index (κ2) is 8.60. The molecule has 0 spiro atoms. The van der Waals surface area contributed by atoms with Crippen LogP contribution in [0.4, 0.5) is 0 Å². The van der Waals surface area contributed by atoms with Gasteiger partial charge in [-0.05, 0) is 51.0 Å². The number of likely N-dealkylation sites (tertiary alicyclic amines) is 1. The van der Waals surface area contributed by atoms with Gasteiger partial charge in [-0.25, -0.2) is 4.98 Å². The van der Waals surface area contributed by atoms with Gasteiger partial charge in [0.05, 0.1) is 15.6 Å². The molecule has 22 heavy (non-hydrogen) atoms. The van der Waals surface area contributed by atoms with Crippen LogP contribution in [0.2, 0.25) is 10.0 Å². The van der Waals surface area contributed by atoms with Crippen molar-refractivity contribution in [2.24, 2.45) is 0 Å². The minimum absolute atomic E-state index is 0. The summed E-state index contributed by atoms with van der Waals surface area (Å²) in [6, 6.07) is 3.77. The lowest BCUT2D eigenvalue weighted by Gasteiger charge is -2.30. The second-order valence-electron chi connectivity index (χ2n) is 5.50. The number of fused-ring (bicyclic) bond motifs is 1. The monoisotopic (exact) mass is 383 g/mol. The van der Waals surface area contributed by atoms with Crippen LogP contribution in [0, 0.1) is 0 Å². The van der Waals surface area contributed by atoms with Gasteiger partial charge in [-0.3, -0.25) is 0 Å². The van der Waals surface area contributed by atoms with Gasteiger partial charge in [-0.15, -0.1) is 24.8 Å². The Balaban J connectivity index is 0.00000121. The summed E-state index contributed by atoms with van der Waals surface area (Å²) in [4.78, 5) is 10.6. The zero-order chi connectivity index (χ0) is 14.1. The molecule has 2 aromatic rings. The molecule has 2 heterocycles. The molecule has 0 amide bonds. The van der Waals surface area contributed by atoms with Crippen LogP contribution >= 0.6 is 48.0 Å². The Morgan fingerprint density at radius 3 is 2.55 bits per heavy atom. The van der Waals surface area contributed by atoms with Crippen LogP contribution in [-0.2, 0) is 0 Å². The number of halogens is 4. The van der Waals surface area contributed by atoms with Gasteiger partial charge in [0.2, 0.25) is 0 Å². The predicted octanol–water partition coefficient (Wildman–Crippen LogP) is 5.30. The van der Waals surface area contributed by atoms with Gasteiger partial charge in [0.15, 0.2) is 0 Å². The number of H-pyrrole nitrogens is 1. The molecule has 0 radical (unpaired) electrons. The molecule has 0 bridgehead atoms. The van der Waals surface area contributed by atoms with E-state index in [0.717, 1.165) is 42.8 Å². The molecule has 1 saturated heterocycles. The highest BCUT2D eigenvalue weighted by Crippen LogP contribution is 2.33. The Labute approximate surface area is 153 Å². The van der Waals surface area contributed by atoms with Gasteiger partial charge in [-0.1, -0.05) is 30.1 Å². The normalized spacial score (nSPS) is 16.3. The molecule has 1 fully saturated rings. The summed E-state index contributed by atoms with van der Waals surface area (Å²) >= 11 is 12.3. The van der Waals surface area contributed by atoms with Gasteiger partial charge in [0.25, 0.3) is 0 Å². The molecule has 0 atom stereocenters. The Kier molecular flexibility index (Phi) is 7.76. The van der Waals surface area contributed by atoms with Crippen molar-refractivity contribution >= 4 is 59.0 Å². The Morgan fingerprint density at radius 2 is 1.91 bits per heavy atom. The van der Waals surface area contributed by atoms with E-state index in [9.17, 15) is 0 Å². The molecule has 1 N–H and O–H groups in total. The fourth-order valence-corrected chi connectivity index (χ4v) is 3.34. The van der Waals surface area contributed by atoms with Crippen molar-refractivity contribution in [3.8, 4) is 0 Å². The molecule has 0 saturated carbocycles. The van der Waals surface area contributed by atoms with Crippen molar-refractivity contribution in [2.75, 3.05) is 19.6 Å². The molecule has 1 aromatic heterocycles. The first kappa shape index (κ1) is 19.9. The number of aromatic nitrogens is 2. The molecule has 7 heteroatoms. The van der Waals surface area contributed by atoms with E-state index < -0.39 is 0 Å². The van der Waals surface area contributed by atoms with Crippen LogP contribution in [0.25, 0.3) is 11.0 Å². The highest BCUT2D eigenvalue weighted by Gasteiger charge is 2.23. The number of rotatable bonds is 3. The van der Waals surface area contributed by atoms with E-state index in [-0.39, 0.29) is 24.8 Å². The minimum Gasteiger partial charge on any atom is -0.342 e. The first-order valence-corrected chi connectivity index (χ1v) is 8.00. The SMILES string of the molecule is CCCN1CCC(c2nc3c(Cl)c(Cl)ccc3[nH]2)CC1.Cl.Cl. The van der Waals surface area contributed by atoms with Crippen molar-refractivity contribution in [1.82, 2.24) is 14.9 Å². The third-order valence-electron chi connectivity index (χ3n) is 4.08. The fraction of sp³-hybridized carbons (Fsp3) is 0.533. The van der Waals surface area contributed by atoms with Crippen LogP contribution in [-0.4, -0.2) is 34.5 Å². The average Bonchev–Trinajstić information content (AvgIpc) is 2.89. The quantitative estimate of drug-likeness (QED) is 0.778. The van der Waals surface area contributed by atoms with Crippen LogP contribution < -0.4 is 0 Å². The minimum atomic E-state index is 0. The van der Waals surface area contributed by atoms with Gasteiger partial charge in [0, 0.05) is 5.92 Å². The molecule has 0 unspecified atom stereocenters. The van der Waals surface area contributed by atoms with E-state index >= 15 is 0 Å². The topological polar surface area (TPSA) is 31.9 Å².